The SMILES string of the molecule is Cc1ccccc1OCC(=O)NN=Cc1ccccc1O. The van der Waals surface area contributed by atoms with Gasteiger partial charge in [-0.2, -0.15) is 5.10 Å². The second-order valence-electron chi connectivity index (χ2n) is 4.41. The molecule has 0 fully saturated rings. The van der Waals surface area contributed by atoms with E-state index < -0.39 is 0 Å². The second kappa shape index (κ2) is 7.09. The van der Waals surface area contributed by atoms with Crippen LogP contribution in [0.25, 0.3) is 0 Å². The number of aromatic hydroxyl groups is 1. The van der Waals surface area contributed by atoms with E-state index in [4.69, 9.17) is 4.74 Å². The minimum atomic E-state index is -0.370. The van der Waals surface area contributed by atoms with Crippen LogP contribution in [0.15, 0.2) is 53.6 Å². The zero-order valence-corrected chi connectivity index (χ0v) is 11.6. The Morgan fingerprint density at radius 3 is 2.71 bits per heavy atom. The lowest BCUT2D eigenvalue weighted by atomic mass is 10.2. The van der Waals surface area contributed by atoms with Gasteiger partial charge >= 0.3 is 0 Å². The van der Waals surface area contributed by atoms with Crippen molar-refractivity contribution in [3.8, 4) is 11.5 Å². The van der Waals surface area contributed by atoms with Gasteiger partial charge in [-0.05, 0) is 30.7 Å². The van der Waals surface area contributed by atoms with Crippen LogP contribution in [-0.4, -0.2) is 23.8 Å². The van der Waals surface area contributed by atoms with Gasteiger partial charge in [-0.3, -0.25) is 4.79 Å². The first-order chi connectivity index (χ1) is 10.2. The van der Waals surface area contributed by atoms with Crippen LogP contribution in [0.2, 0.25) is 0 Å². The quantitative estimate of drug-likeness (QED) is 0.653. The zero-order valence-electron chi connectivity index (χ0n) is 11.6. The van der Waals surface area contributed by atoms with Crippen molar-refractivity contribution in [2.45, 2.75) is 6.92 Å². The predicted octanol–water partition coefficient (Wildman–Crippen LogP) is 2.23. The van der Waals surface area contributed by atoms with Gasteiger partial charge in [0.1, 0.15) is 11.5 Å². The monoisotopic (exact) mass is 284 g/mol. The number of para-hydroxylation sites is 2. The average Bonchev–Trinajstić information content (AvgIpc) is 2.48. The van der Waals surface area contributed by atoms with E-state index in [-0.39, 0.29) is 18.3 Å². The molecule has 2 rings (SSSR count). The Morgan fingerprint density at radius 1 is 1.24 bits per heavy atom. The van der Waals surface area contributed by atoms with E-state index in [2.05, 4.69) is 10.5 Å². The second-order valence-corrected chi connectivity index (χ2v) is 4.41. The van der Waals surface area contributed by atoms with E-state index in [1.165, 1.54) is 6.21 Å². The maximum Gasteiger partial charge on any atom is 0.277 e. The van der Waals surface area contributed by atoms with Gasteiger partial charge in [-0.15, -0.1) is 0 Å². The first-order valence-electron chi connectivity index (χ1n) is 6.45. The summed E-state index contributed by atoms with van der Waals surface area (Å²) in [6.45, 7) is 1.78. The molecule has 0 saturated carbocycles. The van der Waals surface area contributed by atoms with E-state index in [9.17, 15) is 9.90 Å². The maximum absolute atomic E-state index is 11.6. The molecule has 2 aromatic carbocycles. The third kappa shape index (κ3) is 4.35. The van der Waals surface area contributed by atoms with Crippen LogP contribution in [0.5, 0.6) is 11.5 Å². The molecular weight excluding hydrogens is 268 g/mol. The Labute approximate surface area is 122 Å². The normalized spacial score (nSPS) is 10.5. The summed E-state index contributed by atoms with van der Waals surface area (Å²) in [7, 11) is 0. The molecule has 21 heavy (non-hydrogen) atoms. The van der Waals surface area contributed by atoms with Crippen molar-refractivity contribution in [3.05, 3.63) is 59.7 Å². The van der Waals surface area contributed by atoms with E-state index in [0.717, 1.165) is 5.56 Å². The van der Waals surface area contributed by atoms with Gasteiger partial charge in [-0.1, -0.05) is 30.3 Å². The minimum Gasteiger partial charge on any atom is -0.507 e. The first kappa shape index (κ1) is 14.6. The van der Waals surface area contributed by atoms with Crippen LogP contribution >= 0.6 is 0 Å². The van der Waals surface area contributed by atoms with E-state index in [1.807, 2.05) is 25.1 Å². The molecule has 0 heterocycles. The van der Waals surface area contributed by atoms with Crippen LogP contribution in [0.4, 0.5) is 0 Å². The van der Waals surface area contributed by atoms with Gasteiger partial charge in [0.05, 0.1) is 6.21 Å². The van der Waals surface area contributed by atoms with E-state index >= 15 is 0 Å². The molecule has 2 N–H and O–H groups in total. The lowest BCUT2D eigenvalue weighted by Crippen LogP contribution is -2.24. The highest BCUT2D eigenvalue weighted by molar-refractivity contribution is 5.85. The summed E-state index contributed by atoms with van der Waals surface area (Å²) in [5, 5.41) is 13.3. The van der Waals surface area contributed by atoms with Gasteiger partial charge < -0.3 is 9.84 Å². The summed E-state index contributed by atoms with van der Waals surface area (Å²) in [6, 6.07) is 14.2. The van der Waals surface area contributed by atoms with Crippen molar-refractivity contribution in [2.75, 3.05) is 6.61 Å². The molecule has 0 unspecified atom stereocenters. The summed E-state index contributed by atoms with van der Waals surface area (Å²) < 4.78 is 5.39. The molecule has 108 valence electrons. The molecule has 0 aromatic heterocycles. The fourth-order valence-electron chi connectivity index (χ4n) is 1.66. The summed E-state index contributed by atoms with van der Waals surface area (Å²) in [4.78, 5) is 11.6. The number of aryl methyl sites for hydroxylation is 1. The number of rotatable bonds is 5. The van der Waals surface area contributed by atoms with Crippen LogP contribution in [-0.2, 0) is 4.79 Å². The van der Waals surface area contributed by atoms with Gasteiger partial charge in [0.25, 0.3) is 5.91 Å². The summed E-state index contributed by atoms with van der Waals surface area (Å²) in [5.41, 5.74) is 3.83. The first-order valence-corrected chi connectivity index (χ1v) is 6.45. The summed E-state index contributed by atoms with van der Waals surface area (Å²) in [5.74, 6) is 0.397. The molecule has 2 aromatic rings. The molecule has 0 aliphatic carbocycles. The van der Waals surface area contributed by atoms with Crippen LogP contribution < -0.4 is 10.2 Å². The van der Waals surface area contributed by atoms with Crippen LogP contribution in [0.3, 0.4) is 0 Å². The fourth-order valence-corrected chi connectivity index (χ4v) is 1.66. The van der Waals surface area contributed by atoms with Gasteiger partial charge in [0.2, 0.25) is 0 Å². The Bertz CT molecular complexity index is 653. The lowest BCUT2D eigenvalue weighted by molar-refractivity contribution is -0.123. The van der Waals surface area contributed by atoms with Crippen molar-refractivity contribution in [2.24, 2.45) is 5.10 Å². The molecule has 5 nitrogen and oxygen atoms in total. The van der Waals surface area contributed by atoms with Gasteiger partial charge in [0, 0.05) is 5.56 Å². The smallest absolute Gasteiger partial charge is 0.277 e. The number of hydrogen-bond donors (Lipinski definition) is 2. The standard InChI is InChI=1S/C16H16N2O3/c1-12-6-2-5-9-15(12)21-11-16(20)18-17-10-13-7-3-4-8-14(13)19/h2-10,19H,11H2,1H3,(H,18,20). The highest BCUT2D eigenvalue weighted by Crippen LogP contribution is 2.15. The van der Waals surface area contributed by atoms with Crippen LogP contribution in [0.1, 0.15) is 11.1 Å². The number of nitrogens with one attached hydrogen (secondary N) is 1. The van der Waals surface area contributed by atoms with Gasteiger partial charge in [-0.25, -0.2) is 5.43 Å². The molecule has 0 radical (unpaired) electrons. The molecule has 5 heteroatoms. The molecule has 0 bridgehead atoms. The number of phenolic OH excluding ortho intramolecular Hbond substituents is 1. The number of carbonyl (C=O) groups excluding carboxylic acids is 1. The summed E-state index contributed by atoms with van der Waals surface area (Å²) in [6.07, 6.45) is 1.38. The van der Waals surface area contributed by atoms with Crippen molar-refractivity contribution in [3.63, 3.8) is 0 Å². The number of benzene rings is 2. The lowest BCUT2D eigenvalue weighted by Gasteiger charge is -2.07. The Morgan fingerprint density at radius 2 is 1.95 bits per heavy atom. The topological polar surface area (TPSA) is 70.9 Å². The number of ether oxygens (including phenoxy) is 1. The maximum atomic E-state index is 11.6. The average molecular weight is 284 g/mol. The Hall–Kier alpha value is -2.82. The largest absolute Gasteiger partial charge is 0.507 e. The number of carbonyl (C=O) groups is 1. The van der Waals surface area contributed by atoms with E-state index in [1.54, 1.807) is 30.3 Å². The predicted molar refractivity (Wildman–Crippen MR) is 80.5 cm³/mol. The third-order valence-corrected chi connectivity index (χ3v) is 2.78. The molecule has 0 aliphatic heterocycles. The number of nitrogens with zero attached hydrogens (tertiary/aromatic N) is 1. The Kier molecular flexibility index (Phi) is 4.93. The number of hydrogen-bond acceptors (Lipinski definition) is 4. The zero-order chi connectivity index (χ0) is 15.1. The van der Waals surface area contributed by atoms with Crippen molar-refractivity contribution >= 4 is 12.1 Å². The Balaban J connectivity index is 1.83. The van der Waals surface area contributed by atoms with Crippen LogP contribution in [0, 0.1) is 6.92 Å². The third-order valence-electron chi connectivity index (χ3n) is 2.78. The molecular formula is C16H16N2O3. The molecule has 0 saturated heterocycles. The molecule has 0 spiro atoms. The minimum absolute atomic E-state index is 0.103. The summed E-state index contributed by atoms with van der Waals surface area (Å²) >= 11 is 0. The number of hydrazone groups is 1. The fraction of sp³-hybridized carbons (Fsp3) is 0.125. The van der Waals surface area contributed by atoms with E-state index in [0.29, 0.717) is 11.3 Å². The van der Waals surface area contributed by atoms with Crippen molar-refractivity contribution in [1.82, 2.24) is 5.43 Å². The molecule has 0 aliphatic rings. The number of amides is 1. The highest BCUT2D eigenvalue weighted by Gasteiger charge is 2.03. The number of phenols is 1. The van der Waals surface area contributed by atoms with Crippen molar-refractivity contribution < 1.29 is 14.6 Å². The van der Waals surface area contributed by atoms with Crippen molar-refractivity contribution in [1.29, 1.82) is 0 Å². The molecule has 1 amide bonds. The highest BCUT2D eigenvalue weighted by atomic mass is 16.5. The molecule has 0 atom stereocenters. The van der Waals surface area contributed by atoms with Gasteiger partial charge in [0.15, 0.2) is 6.61 Å².